The van der Waals surface area contributed by atoms with Crippen molar-refractivity contribution < 1.29 is 4.79 Å². The molecule has 2 aromatic heterocycles. The molecular weight excluding hydrogens is 400 g/mol. The van der Waals surface area contributed by atoms with Gasteiger partial charge in [-0.1, -0.05) is 24.6 Å². The van der Waals surface area contributed by atoms with Crippen LogP contribution in [0, 0.1) is 5.41 Å². The van der Waals surface area contributed by atoms with Gasteiger partial charge in [0.1, 0.15) is 0 Å². The Morgan fingerprint density at radius 2 is 1.93 bits per heavy atom. The number of rotatable bonds is 5. The quantitative estimate of drug-likeness (QED) is 0.622. The SMILES string of the molecule is CCC1(C)C(=O)N(c2cc(-c3ccnc(Nc4cccc(Cl)c4)n3)ccn2)N=C1C. The number of anilines is 3. The molecular formula is C22H21ClN6O. The maximum atomic E-state index is 12.9. The summed E-state index contributed by atoms with van der Waals surface area (Å²) < 4.78 is 0. The average molecular weight is 421 g/mol. The van der Waals surface area contributed by atoms with E-state index in [0.717, 1.165) is 17.0 Å². The van der Waals surface area contributed by atoms with Gasteiger partial charge in [-0.15, -0.1) is 0 Å². The monoisotopic (exact) mass is 420 g/mol. The number of amides is 1. The van der Waals surface area contributed by atoms with E-state index in [1.54, 1.807) is 30.6 Å². The molecule has 0 aliphatic carbocycles. The maximum absolute atomic E-state index is 12.9. The van der Waals surface area contributed by atoms with Crippen molar-refractivity contribution in [3.8, 4) is 11.3 Å². The lowest BCUT2D eigenvalue weighted by Gasteiger charge is -2.21. The summed E-state index contributed by atoms with van der Waals surface area (Å²) in [6.45, 7) is 5.78. The van der Waals surface area contributed by atoms with Crippen molar-refractivity contribution >= 4 is 40.7 Å². The number of hydrogen-bond acceptors (Lipinski definition) is 6. The van der Waals surface area contributed by atoms with Crippen LogP contribution in [-0.2, 0) is 4.79 Å². The molecule has 1 amide bonds. The number of pyridine rings is 1. The van der Waals surface area contributed by atoms with E-state index in [2.05, 4.69) is 25.4 Å². The number of hydrogen-bond donors (Lipinski definition) is 1. The highest BCUT2D eigenvalue weighted by Crippen LogP contribution is 2.35. The van der Waals surface area contributed by atoms with Crippen molar-refractivity contribution in [3.63, 3.8) is 0 Å². The molecule has 0 bridgehead atoms. The van der Waals surface area contributed by atoms with Crippen LogP contribution in [0.5, 0.6) is 0 Å². The van der Waals surface area contributed by atoms with Crippen LogP contribution < -0.4 is 10.3 Å². The molecule has 0 radical (unpaired) electrons. The van der Waals surface area contributed by atoms with Crippen molar-refractivity contribution in [2.45, 2.75) is 27.2 Å². The predicted octanol–water partition coefficient (Wildman–Crippen LogP) is 5.07. The molecule has 7 nitrogen and oxygen atoms in total. The summed E-state index contributed by atoms with van der Waals surface area (Å²) in [5.74, 6) is 0.841. The minimum Gasteiger partial charge on any atom is -0.324 e. The van der Waals surface area contributed by atoms with E-state index in [4.69, 9.17) is 11.6 Å². The zero-order chi connectivity index (χ0) is 21.3. The first kappa shape index (κ1) is 20.0. The van der Waals surface area contributed by atoms with Gasteiger partial charge in [-0.25, -0.2) is 15.0 Å². The fourth-order valence-electron chi connectivity index (χ4n) is 3.23. The topological polar surface area (TPSA) is 83.4 Å². The second kappa shape index (κ2) is 7.84. The average Bonchev–Trinajstić information content (AvgIpc) is 2.98. The van der Waals surface area contributed by atoms with Crippen LogP contribution in [0.4, 0.5) is 17.5 Å². The van der Waals surface area contributed by atoms with Gasteiger partial charge in [-0.3, -0.25) is 4.79 Å². The Hall–Kier alpha value is -3.32. The minimum absolute atomic E-state index is 0.0712. The van der Waals surface area contributed by atoms with Crippen LogP contribution >= 0.6 is 11.6 Å². The molecule has 1 N–H and O–H groups in total. The van der Waals surface area contributed by atoms with Gasteiger partial charge in [0, 0.05) is 28.7 Å². The summed E-state index contributed by atoms with van der Waals surface area (Å²) in [6.07, 6.45) is 4.01. The molecule has 1 aromatic carbocycles. The van der Waals surface area contributed by atoms with E-state index in [-0.39, 0.29) is 5.91 Å². The summed E-state index contributed by atoms with van der Waals surface area (Å²) in [6, 6.07) is 12.8. The number of hydrazone groups is 1. The summed E-state index contributed by atoms with van der Waals surface area (Å²) in [7, 11) is 0. The fourth-order valence-corrected chi connectivity index (χ4v) is 3.42. The molecule has 1 unspecified atom stereocenters. The van der Waals surface area contributed by atoms with Gasteiger partial charge in [-0.05, 0) is 56.7 Å². The number of nitrogens with zero attached hydrogens (tertiary/aromatic N) is 5. The Kier molecular flexibility index (Phi) is 5.22. The molecule has 4 rings (SSSR count). The van der Waals surface area contributed by atoms with Crippen molar-refractivity contribution in [1.29, 1.82) is 0 Å². The second-order valence-corrected chi connectivity index (χ2v) is 7.73. The number of benzene rings is 1. The molecule has 3 heterocycles. The predicted molar refractivity (Wildman–Crippen MR) is 119 cm³/mol. The van der Waals surface area contributed by atoms with E-state index in [1.165, 1.54) is 5.01 Å². The molecule has 1 atom stereocenters. The van der Waals surface area contributed by atoms with Crippen LogP contribution in [0.2, 0.25) is 5.02 Å². The van der Waals surface area contributed by atoms with E-state index >= 15 is 0 Å². The zero-order valence-electron chi connectivity index (χ0n) is 16.9. The molecule has 1 aliphatic rings. The van der Waals surface area contributed by atoms with Gasteiger partial charge in [0.15, 0.2) is 5.82 Å². The van der Waals surface area contributed by atoms with Gasteiger partial charge in [-0.2, -0.15) is 10.1 Å². The van der Waals surface area contributed by atoms with Gasteiger partial charge in [0.25, 0.3) is 5.91 Å². The standard InChI is InChI=1S/C22H21ClN6O/c1-4-22(3)14(2)28-29(20(22)30)19-12-15(8-10-24-19)18-9-11-25-21(27-18)26-17-7-5-6-16(23)13-17/h5-13H,4H2,1-3H3,(H,25,26,27). The number of halogens is 1. The van der Waals surface area contributed by atoms with Crippen LogP contribution in [-0.4, -0.2) is 26.6 Å². The van der Waals surface area contributed by atoms with Crippen molar-refractivity contribution in [3.05, 3.63) is 59.9 Å². The first-order chi connectivity index (χ1) is 14.4. The Bertz CT molecular complexity index is 1150. The normalized spacial score (nSPS) is 18.5. The highest BCUT2D eigenvalue weighted by Gasteiger charge is 2.44. The van der Waals surface area contributed by atoms with Gasteiger partial charge in [0.05, 0.1) is 16.8 Å². The third kappa shape index (κ3) is 3.64. The first-order valence-corrected chi connectivity index (χ1v) is 10.0. The lowest BCUT2D eigenvalue weighted by atomic mass is 9.83. The summed E-state index contributed by atoms with van der Waals surface area (Å²) in [5, 5.41) is 9.62. The highest BCUT2D eigenvalue weighted by molar-refractivity contribution is 6.30. The molecule has 0 saturated carbocycles. The minimum atomic E-state index is -0.597. The molecule has 0 fully saturated rings. The second-order valence-electron chi connectivity index (χ2n) is 7.29. The number of nitrogens with one attached hydrogen (secondary N) is 1. The summed E-state index contributed by atoms with van der Waals surface area (Å²) in [5.41, 5.74) is 2.49. The third-order valence-electron chi connectivity index (χ3n) is 5.41. The summed E-state index contributed by atoms with van der Waals surface area (Å²) in [4.78, 5) is 26.1. The molecule has 8 heteroatoms. The van der Waals surface area contributed by atoms with Gasteiger partial charge in [0.2, 0.25) is 5.95 Å². The molecule has 30 heavy (non-hydrogen) atoms. The molecule has 1 aliphatic heterocycles. The Morgan fingerprint density at radius 1 is 1.13 bits per heavy atom. The van der Waals surface area contributed by atoms with Gasteiger partial charge >= 0.3 is 0 Å². The first-order valence-electron chi connectivity index (χ1n) is 9.63. The Morgan fingerprint density at radius 3 is 2.67 bits per heavy atom. The van der Waals surface area contributed by atoms with Crippen molar-refractivity contribution in [1.82, 2.24) is 15.0 Å². The number of carbonyl (C=O) groups excluding carboxylic acids is 1. The van der Waals surface area contributed by atoms with E-state index in [1.807, 2.05) is 45.0 Å². The largest absolute Gasteiger partial charge is 0.324 e. The lowest BCUT2D eigenvalue weighted by Crippen LogP contribution is -2.36. The van der Waals surface area contributed by atoms with E-state index in [9.17, 15) is 4.79 Å². The Labute approximate surface area is 179 Å². The molecule has 0 spiro atoms. The van der Waals surface area contributed by atoms with E-state index < -0.39 is 5.41 Å². The fraction of sp³-hybridized carbons (Fsp3) is 0.227. The van der Waals surface area contributed by atoms with Crippen molar-refractivity contribution in [2.75, 3.05) is 10.3 Å². The van der Waals surface area contributed by atoms with Crippen LogP contribution in [0.3, 0.4) is 0 Å². The zero-order valence-corrected chi connectivity index (χ0v) is 17.7. The van der Waals surface area contributed by atoms with E-state index in [0.29, 0.717) is 28.9 Å². The molecule has 152 valence electrons. The molecule has 3 aromatic rings. The Balaban J connectivity index is 1.63. The number of aromatic nitrogens is 3. The van der Waals surface area contributed by atoms with Crippen LogP contribution in [0.15, 0.2) is 60.0 Å². The highest BCUT2D eigenvalue weighted by atomic mass is 35.5. The third-order valence-corrected chi connectivity index (χ3v) is 5.65. The van der Waals surface area contributed by atoms with Gasteiger partial charge < -0.3 is 5.32 Å². The lowest BCUT2D eigenvalue weighted by molar-refractivity contribution is -0.123. The molecule has 0 saturated heterocycles. The summed E-state index contributed by atoms with van der Waals surface area (Å²) >= 11 is 6.04. The van der Waals surface area contributed by atoms with Crippen LogP contribution in [0.25, 0.3) is 11.3 Å². The maximum Gasteiger partial charge on any atom is 0.260 e. The smallest absolute Gasteiger partial charge is 0.260 e. The van der Waals surface area contributed by atoms with Crippen LogP contribution in [0.1, 0.15) is 27.2 Å². The number of carbonyl (C=O) groups is 1. The van der Waals surface area contributed by atoms with Crippen molar-refractivity contribution in [2.24, 2.45) is 10.5 Å².